The lowest BCUT2D eigenvalue weighted by Gasteiger charge is -2.37. The Labute approximate surface area is 147 Å². The molecule has 1 atom stereocenters. The Morgan fingerprint density at radius 1 is 1.00 bits per heavy atom. The van der Waals surface area contributed by atoms with E-state index in [4.69, 9.17) is 0 Å². The lowest BCUT2D eigenvalue weighted by molar-refractivity contribution is 0.0663. The van der Waals surface area contributed by atoms with Gasteiger partial charge in [-0.2, -0.15) is 0 Å². The summed E-state index contributed by atoms with van der Waals surface area (Å²) in [6.07, 6.45) is 1.47. The molecule has 0 saturated carbocycles. The highest BCUT2D eigenvalue weighted by atomic mass is 16.2. The smallest absolute Gasteiger partial charge is 0.258 e. The van der Waals surface area contributed by atoms with Gasteiger partial charge in [0.1, 0.15) is 6.17 Å². The number of hydrogen-bond acceptors (Lipinski definition) is 3. The van der Waals surface area contributed by atoms with E-state index in [9.17, 15) is 4.79 Å². The molecule has 124 valence electrons. The maximum atomic E-state index is 13.1. The number of anilines is 1. The maximum absolute atomic E-state index is 13.1. The Kier molecular flexibility index (Phi) is 3.94. The van der Waals surface area contributed by atoms with Gasteiger partial charge in [0.05, 0.1) is 11.3 Å². The van der Waals surface area contributed by atoms with Crippen molar-refractivity contribution >= 4 is 11.6 Å². The van der Waals surface area contributed by atoms with Crippen LogP contribution in [0.15, 0.2) is 72.9 Å². The minimum atomic E-state index is -0.287. The van der Waals surface area contributed by atoms with Gasteiger partial charge in [-0.3, -0.25) is 9.78 Å². The Balaban J connectivity index is 1.74. The summed E-state index contributed by atoms with van der Waals surface area (Å²) in [7, 11) is 0. The SMILES string of the molecule is Cc1ccc(CN2C(=O)c3ccccc3N[C@@H]2c2ccccn2)cc1. The van der Waals surface area contributed by atoms with Gasteiger partial charge in [-0.15, -0.1) is 0 Å². The molecule has 25 heavy (non-hydrogen) atoms. The number of pyridine rings is 1. The third-order valence-corrected chi connectivity index (χ3v) is 4.46. The molecule has 1 aliphatic rings. The van der Waals surface area contributed by atoms with E-state index in [-0.39, 0.29) is 12.1 Å². The van der Waals surface area contributed by atoms with Gasteiger partial charge in [-0.05, 0) is 36.8 Å². The highest BCUT2D eigenvalue weighted by molar-refractivity contribution is 6.01. The van der Waals surface area contributed by atoms with Crippen molar-refractivity contribution in [2.24, 2.45) is 0 Å². The van der Waals surface area contributed by atoms with Gasteiger partial charge in [-0.25, -0.2) is 0 Å². The number of benzene rings is 2. The van der Waals surface area contributed by atoms with Crippen molar-refractivity contribution in [2.75, 3.05) is 5.32 Å². The van der Waals surface area contributed by atoms with Crippen LogP contribution in [0.2, 0.25) is 0 Å². The number of hydrogen-bond donors (Lipinski definition) is 1. The van der Waals surface area contributed by atoms with E-state index in [2.05, 4.69) is 41.5 Å². The average molecular weight is 329 g/mol. The van der Waals surface area contributed by atoms with Crippen LogP contribution in [-0.2, 0) is 6.54 Å². The molecule has 4 nitrogen and oxygen atoms in total. The Morgan fingerprint density at radius 2 is 1.76 bits per heavy atom. The fourth-order valence-corrected chi connectivity index (χ4v) is 3.12. The molecule has 2 heterocycles. The van der Waals surface area contributed by atoms with Gasteiger partial charge in [0, 0.05) is 18.4 Å². The van der Waals surface area contributed by atoms with Crippen LogP contribution in [0.25, 0.3) is 0 Å². The van der Waals surface area contributed by atoms with E-state index < -0.39 is 0 Å². The maximum Gasteiger partial charge on any atom is 0.258 e. The van der Waals surface area contributed by atoms with Crippen molar-refractivity contribution < 1.29 is 4.79 Å². The second kappa shape index (κ2) is 6.40. The van der Waals surface area contributed by atoms with Crippen molar-refractivity contribution in [1.82, 2.24) is 9.88 Å². The lowest BCUT2D eigenvalue weighted by Crippen LogP contribution is -2.42. The number of para-hydroxylation sites is 1. The summed E-state index contributed by atoms with van der Waals surface area (Å²) in [5.74, 6) is 0.0191. The van der Waals surface area contributed by atoms with Crippen molar-refractivity contribution in [3.05, 3.63) is 95.3 Å². The summed E-state index contributed by atoms with van der Waals surface area (Å²) in [6.45, 7) is 2.59. The van der Waals surface area contributed by atoms with Crippen molar-refractivity contribution in [3.63, 3.8) is 0 Å². The molecule has 1 N–H and O–H groups in total. The van der Waals surface area contributed by atoms with E-state index >= 15 is 0 Å². The summed E-state index contributed by atoms with van der Waals surface area (Å²) in [5, 5.41) is 3.47. The van der Waals surface area contributed by atoms with E-state index in [1.54, 1.807) is 6.20 Å². The summed E-state index contributed by atoms with van der Waals surface area (Å²) in [4.78, 5) is 19.4. The zero-order chi connectivity index (χ0) is 17.2. The summed E-state index contributed by atoms with van der Waals surface area (Å²) in [6, 6.07) is 21.7. The molecule has 0 bridgehead atoms. The molecule has 4 rings (SSSR count). The van der Waals surface area contributed by atoms with E-state index in [0.29, 0.717) is 12.1 Å². The molecule has 0 fully saturated rings. The standard InChI is InChI=1S/C21H19N3O/c1-15-9-11-16(12-10-15)14-24-20(19-8-4-5-13-22-19)23-18-7-3-2-6-17(18)21(24)25/h2-13,20,23H,14H2,1H3/t20-/m0/s1. The van der Waals surface area contributed by atoms with Crippen LogP contribution in [0.3, 0.4) is 0 Å². The van der Waals surface area contributed by atoms with Gasteiger partial charge < -0.3 is 10.2 Å². The highest BCUT2D eigenvalue weighted by Gasteiger charge is 2.33. The van der Waals surface area contributed by atoms with E-state index in [0.717, 1.165) is 16.9 Å². The molecular weight excluding hydrogens is 310 g/mol. The van der Waals surface area contributed by atoms with Crippen molar-refractivity contribution in [2.45, 2.75) is 19.6 Å². The molecule has 3 aromatic rings. The predicted octanol–water partition coefficient (Wildman–Crippen LogP) is 4.16. The molecule has 1 amide bonds. The molecule has 0 unspecified atom stereocenters. The molecular formula is C21H19N3O. The topological polar surface area (TPSA) is 45.2 Å². The number of aryl methyl sites for hydroxylation is 1. The molecule has 1 aliphatic heterocycles. The minimum absolute atomic E-state index is 0.0191. The first-order valence-corrected chi connectivity index (χ1v) is 8.35. The monoisotopic (exact) mass is 329 g/mol. The third kappa shape index (κ3) is 2.98. The van der Waals surface area contributed by atoms with Crippen LogP contribution in [0.1, 0.15) is 33.3 Å². The minimum Gasteiger partial charge on any atom is -0.359 e. The number of fused-ring (bicyclic) bond motifs is 1. The summed E-state index contributed by atoms with van der Waals surface area (Å²) >= 11 is 0. The molecule has 0 saturated heterocycles. The number of carbonyl (C=O) groups excluding carboxylic acids is 1. The summed E-state index contributed by atoms with van der Waals surface area (Å²) < 4.78 is 0. The Morgan fingerprint density at radius 3 is 2.52 bits per heavy atom. The molecule has 1 aromatic heterocycles. The number of nitrogens with one attached hydrogen (secondary N) is 1. The van der Waals surface area contributed by atoms with Crippen LogP contribution >= 0.6 is 0 Å². The fourth-order valence-electron chi connectivity index (χ4n) is 3.12. The second-order valence-electron chi connectivity index (χ2n) is 6.27. The first-order chi connectivity index (χ1) is 12.2. The quantitative estimate of drug-likeness (QED) is 0.785. The Hall–Kier alpha value is -3.14. The lowest BCUT2D eigenvalue weighted by atomic mass is 10.0. The molecule has 4 heteroatoms. The van der Waals surface area contributed by atoms with Gasteiger partial charge in [-0.1, -0.05) is 48.0 Å². The van der Waals surface area contributed by atoms with E-state index in [1.165, 1.54) is 5.56 Å². The second-order valence-corrected chi connectivity index (χ2v) is 6.27. The number of carbonyl (C=O) groups is 1. The van der Waals surface area contributed by atoms with Crippen LogP contribution in [-0.4, -0.2) is 15.8 Å². The van der Waals surface area contributed by atoms with Gasteiger partial charge in [0.2, 0.25) is 0 Å². The zero-order valence-electron chi connectivity index (χ0n) is 14.0. The third-order valence-electron chi connectivity index (χ3n) is 4.46. The van der Waals surface area contributed by atoms with Crippen LogP contribution in [0.4, 0.5) is 5.69 Å². The van der Waals surface area contributed by atoms with Crippen molar-refractivity contribution in [3.8, 4) is 0 Å². The normalized spacial score (nSPS) is 16.3. The predicted molar refractivity (Wildman–Crippen MR) is 98.1 cm³/mol. The number of aromatic nitrogens is 1. The first kappa shape index (κ1) is 15.4. The van der Waals surface area contributed by atoms with Gasteiger partial charge in [0.25, 0.3) is 5.91 Å². The Bertz CT molecular complexity index is 891. The average Bonchev–Trinajstić information content (AvgIpc) is 2.66. The summed E-state index contributed by atoms with van der Waals surface area (Å²) in [5.41, 5.74) is 4.68. The molecule has 0 spiro atoms. The van der Waals surface area contributed by atoms with Crippen LogP contribution in [0, 0.1) is 6.92 Å². The van der Waals surface area contributed by atoms with Gasteiger partial charge >= 0.3 is 0 Å². The van der Waals surface area contributed by atoms with E-state index in [1.807, 2.05) is 47.4 Å². The zero-order valence-corrected chi connectivity index (χ0v) is 14.0. The first-order valence-electron chi connectivity index (χ1n) is 8.35. The highest BCUT2D eigenvalue weighted by Crippen LogP contribution is 2.33. The number of nitrogens with zero attached hydrogens (tertiary/aromatic N) is 2. The molecule has 2 aromatic carbocycles. The number of rotatable bonds is 3. The van der Waals surface area contributed by atoms with Gasteiger partial charge in [0.15, 0.2) is 0 Å². The van der Waals surface area contributed by atoms with Crippen LogP contribution < -0.4 is 5.32 Å². The molecule has 0 aliphatic carbocycles. The molecule has 0 radical (unpaired) electrons. The number of amides is 1. The van der Waals surface area contributed by atoms with Crippen molar-refractivity contribution in [1.29, 1.82) is 0 Å². The largest absolute Gasteiger partial charge is 0.359 e. The van der Waals surface area contributed by atoms with Crippen LogP contribution in [0.5, 0.6) is 0 Å². The fraction of sp³-hybridized carbons (Fsp3) is 0.143.